The minimum Gasteiger partial charge on any atom is -0.312 e. The maximum atomic E-state index is 13.2. The van der Waals surface area contributed by atoms with Crippen LogP contribution in [0.1, 0.15) is 39.9 Å². The first-order valence-electron chi connectivity index (χ1n) is 9.30. The van der Waals surface area contributed by atoms with Gasteiger partial charge in [-0.05, 0) is 67.1 Å². The fraction of sp³-hybridized carbons (Fsp3) is 0.333. The monoisotopic (exact) mass is 404 g/mol. The number of benzene rings is 2. The molecule has 1 aliphatic carbocycles. The van der Waals surface area contributed by atoms with Gasteiger partial charge in [0.25, 0.3) is 5.91 Å². The molecule has 152 valence electrons. The Balaban J connectivity index is 1.59. The van der Waals surface area contributed by atoms with Gasteiger partial charge in [0, 0.05) is 17.8 Å². The van der Waals surface area contributed by atoms with Gasteiger partial charge in [0.05, 0.1) is 11.0 Å². The molecule has 2 aromatic carbocycles. The predicted octanol–water partition coefficient (Wildman–Crippen LogP) is 3.74. The first-order chi connectivity index (χ1) is 13.7. The molecule has 29 heavy (non-hydrogen) atoms. The van der Waals surface area contributed by atoms with Crippen LogP contribution < -0.4 is 10.4 Å². The molecule has 5 nitrogen and oxygen atoms in total. The van der Waals surface area contributed by atoms with Crippen LogP contribution in [0.25, 0.3) is 0 Å². The van der Waals surface area contributed by atoms with E-state index >= 15 is 0 Å². The summed E-state index contributed by atoms with van der Waals surface area (Å²) in [6, 6.07) is 9.87. The molecule has 1 unspecified atom stereocenters. The fourth-order valence-corrected chi connectivity index (χ4v) is 4.48. The number of halogens is 3. The summed E-state index contributed by atoms with van der Waals surface area (Å²) in [4.78, 5) is 26.7. The van der Waals surface area contributed by atoms with Gasteiger partial charge in [-0.15, -0.1) is 0 Å². The fourth-order valence-electron chi connectivity index (χ4n) is 4.48. The zero-order valence-corrected chi connectivity index (χ0v) is 15.4. The Morgan fingerprint density at radius 3 is 2.48 bits per heavy atom. The number of nitrogens with zero attached hydrogens (tertiary/aromatic N) is 1. The summed E-state index contributed by atoms with van der Waals surface area (Å²) in [5.41, 5.74) is 2.85. The van der Waals surface area contributed by atoms with Crippen LogP contribution in [-0.4, -0.2) is 23.6 Å². The molecule has 8 heteroatoms. The van der Waals surface area contributed by atoms with E-state index in [0.717, 1.165) is 23.3 Å². The second-order valence-electron chi connectivity index (χ2n) is 7.59. The highest BCUT2D eigenvalue weighted by molar-refractivity contribution is 6.01. The molecular weight excluding hydrogens is 385 g/mol. The Hall–Kier alpha value is -2.87. The minimum atomic E-state index is -4.42. The lowest BCUT2D eigenvalue weighted by molar-refractivity contribution is -0.137. The second-order valence-corrected chi connectivity index (χ2v) is 7.59. The number of fused-ring (bicyclic) bond motifs is 1. The highest BCUT2D eigenvalue weighted by Crippen LogP contribution is 2.45. The molecule has 1 spiro atoms. The maximum Gasteiger partial charge on any atom is 0.416 e. The van der Waals surface area contributed by atoms with Crippen LogP contribution in [0.3, 0.4) is 0 Å². The molecule has 1 atom stereocenters. The molecule has 1 heterocycles. The van der Waals surface area contributed by atoms with Gasteiger partial charge in [-0.3, -0.25) is 14.8 Å². The lowest BCUT2D eigenvalue weighted by Gasteiger charge is -2.34. The molecule has 4 rings (SSSR count). The molecule has 2 N–H and O–H groups in total. The zero-order chi connectivity index (χ0) is 20.8. The van der Waals surface area contributed by atoms with E-state index in [4.69, 9.17) is 5.21 Å². The Kier molecular flexibility index (Phi) is 4.61. The van der Waals surface area contributed by atoms with Crippen molar-refractivity contribution in [2.24, 2.45) is 5.41 Å². The number of hydrogen-bond donors (Lipinski definition) is 2. The van der Waals surface area contributed by atoms with Crippen LogP contribution in [0.15, 0.2) is 42.5 Å². The lowest BCUT2D eigenvalue weighted by atomic mass is 9.69. The molecule has 1 aliphatic heterocycles. The quantitative estimate of drug-likeness (QED) is 0.592. The van der Waals surface area contributed by atoms with E-state index in [1.807, 2.05) is 6.07 Å². The van der Waals surface area contributed by atoms with E-state index in [9.17, 15) is 22.8 Å². The summed E-state index contributed by atoms with van der Waals surface area (Å²) >= 11 is 0. The summed E-state index contributed by atoms with van der Waals surface area (Å²) in [6.45, 7) is 0.441. The third-order valence-electron chi connectivity index (χ3n) is 6.02. The molecule has 2 amide bonds. The number of anilines is 1. The van der Waals surface area contributed by atoms with Crippen LogP contribution in [0.2, 0.25) is 0 Å². The van der Waals surface area contributed by atoms with Crippen LogP contribution in [0.4, 0.5) is 18.9 Å². The van der Waals surface area contributed by atoms with Gasteiger partial charge in [0.1, 0.15) is 0 Å². The van der Waals surface area contributed by atoms with Crippen molar-refractivity contribution in [2.75, 3.05) is 11.4 Å². The van der Waals surface area contributed by atoms with Crippen molar-refractivity contribution < 1.29 is 28.0 Å². The first kappa shape index (κ1) is 19.4. The number of hydroxylamine groups is 1. The number of amides is 2. The van der Waals surface area contributed by atoms with Crippen LogP contribution in [0, 0.1) is 5.41 Å². The van der Waals surface area contributed by atoms with Gasteiger partial charge in [0.15, 0.2) is 0 Å². The number of carbonyl (C=O) groups excluding carboxylic acids is 2. The van der Waals surface area contributed by atoms with Crippen molar-refractivity contribution in [1.82, 2.24) is 5.48 Å². The number of carbonyl (C=O) groups is 2. The van der Waals surface area contributed by atoms with Crippen molar-refractivity contribution in [3.05, 3.63) is 64.7 Å². The third-order valence-corrected chi connectivity index (χ3v) is 6.02. The zero-order valence-electron chi connectivity index (χ0n) is 15.4. The van der Waals surface area contributed by atoms with Gasteiger partial charge < -0.3 is 4.90 Å². The summed E-state index contributed by atoms with van der Waals surface area (Å²) in [7, 11) is 0. The van der Waals surface area contributed by atoms with E-state index in [2.05, 4.69) is 0 Å². The molecule has 1 saturated heterocycles. The molecule has 2 aliphatic rings. The Bertz CT molecular complexity index is 972. The molecule has 1 fully saturated rings. The average molecular weight is 404 g/mol. The van der Waals surface area contributed by atoms with E-state index < -0.39 is 23.1 Å². The van der Waals surface area contributed by atoms with E-state index in [0.29, 0.717) is 43.5 Å². The molecule has 2 aromatic rings. The molecule has 0 radical (unpaired) electrons. The normalized spacial score (nSPS) is 21.4. The van der Waals surface area contributed by atoms with Gasteiger partial charge in [-0.25, -0.2) is 5.48 Å². The Labute approximate surface area is 165 Å². The number of alkyl halides is 3. The van der Waals surface area contributed by atoms with Gasteiger partial charge in [0.2, 0.25) is 5.91 Å². The predicted molar refractivity (Wildman–Crippen MR) is 98.6 cm³/mol. The number of hydrogen-bond acceptors (Lipinski definition) is 3. The van der Waals surface area contributed by atoms with Gasteiger partial charge in [-0.1, -0.05) is 12.1 Å². The van der Waals surface area contributed by atoms with Crippen molar-refractivity contribution in [3.63, 3.8) is 0 Å². The Morgan fingerprint density at radius 1 is 1.10 bits per heavy atom. The van der Waals surface area contributed by atoms with Gasteiger partial charge >= 0.3 is 6.18 Å². The lowest BCUT2D eigenvalue weighted by Crippen LogP contribution is -2.39. The van der Waals surface area contributed by atoms with Crippen molar-refractivity contribution >= 4 is 17.5 Å². The topological polar surface area (TPSA) is 69.6 Å². The summed E-state index contributed by atoms with van der Waals surface area (Å²) in [5.74, 6) is -0.679. The van der Waals surface area contributed by atoms with Crippen LogP contribution in [0.5, 0.6) is 0 Å². The van der Waals surface area contributed by atoms with Crippen molar-refractivity contribution in [1.29, 1.82) is 0 Å². The maximum absolute atomic E-state index is 13.2. The van der Waals surface area contributed by atoms with Crippen molar-refractivity contribution in [2.45, 2.75) is 31.9 Å². The number of rotatable bonds is 2. The molecule has 0 aromatic heterocycles. The van der Waals surface area contributed by atoms with E-state index in [-0.39, 0.29) is 5.91 Å². The minimum absolute atomic E-state index is 0.0973. The highest BCUT2D eigenvalue weighted by Gasteiger charge is 2.49. The first-order valence-corrected chi connectivity index (χ1v) is 9.30. The standard InChI is InChI=1S/C21H19F3N2O3/c22-21(23,24)14-4-6-15(7-5-14)26-11-10-20(19(26)28)9-8-16-13(12-20)2-1-3-17(16)18(27)25-29/h1-7,29H,8-12H2,(H,25,27). The van der Waals surface area contributed by atoms with E-state index in [1.54, 1.807) is 22.5 Å². The number of nitrogens with one attached hydrogen (secondary N) is 1. The van der Waals surface area contributed by atoms with Crippen molar-refractivity contribution in [3.8, 4) is 0 Å². The van der Waals surface area contributed by atoms with Gasteiger partial charge in [-0.2, -0.15) is 13.2 Å². The molecule has 0 saturated carbocycles. The summed E-state index contributed by atoms with van der Waals surface area (Å²) in [5, 5.41) is 8.94. The smallest absolute Gasteiger partial charge is 0.312 e. The van der Waals surface area contributed by atoms with Crippen LogP contribution in [-0.2, 0) is 23.8 Å². The van der Waals surface area contributed by atoms with Crippen LogP contribution >= 0.6 is 0 Å². The average Bonchev–Trinajstić information content (AvgIpc) is 3.02. The van der Waals surface area contributed by atoms with E-state index in [1.165, 1.54) is 12.1 Å². The SMILES string of the molecule is O=C(NO)c1cccc2c1CCC1(CCN(c3ccc(C(F)(F)F)cc3)C1=O)C2. The molecular formula is C21H19F3N2O3. The Morgan fingerprint density at radius 2 is 1.83 bits per heavy atom. The highest BCUT2D eigenvalue weighted by atomic mass is 19.4. The third kappa shape index (κ3) is 3.27. The largest absolute Gasteiger partial charge is 0.416 e. The second kappa shape index (κ2) is 6.88. The summed E-state index contributed by atoms with van der Waals surface area (Å²) in [6.07, 6.45) is -2.29. The molecule has 0 bridgehead atoms. The summed E-state index contributed by atoms with van der Waals surface area (Å²) < 4.78 is 38.4.